The first-order chi connectivity index (χ1) is 8.58. The van der Waals surface area contributed by atoms with Crippen LogP contribution in [-0.4, -0.2) is 15.0 Å². The summed E-state index contributed by atoms with van der Waals surface area (Å²) in [7, 11) is 0. The van der Waals surface area contributed by atoms with E-state index in [2.05, 4.69) is 15.0 Å². The summed E-state index contributed by atoms with van der Waals surface area (Å²) in [5, 5.41) is 1.33. The van der Waals surface area contributed by atoms with E-state index < -0.39 is 0 Å². The number of rotatable bonds is 3. The zero-order valence-corrected chi connectivity index (χ0v) is 12.1. The maximum absolute atomic E-state index is 6.01. The number of thioether (sulfide) groups is 1. The second-order valence-corrected chi connectivity index (χ2v) is 5.34. The molecule has 2 aromatic rings. The zero-order valence-electron chi connectivity index (χ0n) is 10.6. The first-order valence-corrected chi connectivity index (χ1v) is 6.98. The van der Waals surface area contributed by atoms with Crippen LogP contribution in [0, 0.1) is 20.8 Å². The SMILES string of the molecule is Cc1nc(SCc2cccnc2Cl)nc(C)c1C. The molecule has 0 spiro atoms. The van der Waals surface area contributed by atoms with Crippen molar-refractivity contribution in [2.45, 2.75) is 31.7 Å². The van der Waals surface area contributed by atoms with Gasteiger partial charge in [0.2, 0.25) is 0 Å². The molecule has 0 radical (unpaired) electrons. The monoisotopic (exact) mass is 279 g/mol. The fraction of sp³-hybridized carbons (Fsp3) is 0.308. The maximum atomic E-state index is 6.01. The van der Waals surface area contributed by atoms with Crippen molar-refractivity contribution in [3.05, 3.63) is 46.0 Å². The van der Waals surface area contributed by atoms with Gasteiger partial charge in [-0.25, -0.2) is 15.0 Å². The van der Waals surface area contributed by atoms with Crippen molar-refractivity contribution in [2.24, 2.45) is 0 Å². The van der Waals surface area contributed by atoms with Gasteiger partial charge in [-0.2, -0.15) is 0 Å². The second kappa shape index (κ2) is 5.67. The third-order valence-electron chi connectivity index (χ3n) is 2.81. The highest BCUT2D eigenvalue weighted by molar-refractivity contribution is 7.98. The van der Waals surface area contributed by atoms with Gasteiger partial charge in [0.15, 0.2) is 5.16 Å². The Kier molecular flexibility index (Phi) is 4.19. The summed E-state index contributed by atoms with van der Waals surface area (Å²) >= 11 is 7.59. The number of nitrogens with zero attached hydrogens (tertiary/aromatic N) is 3. The molecule has 0 bridgehead atoms. The minimum Gasteiger partial charge on any atom is -0.244 e. The van der Waals surface area contributed by atoms with Crippen LogP contribution in [-0.2, 0) is 5.75 Å². The lowest BCUT2D eigenvalue weighted by molar-refractivity contribution is 0.880. The number of hydrogen-bond donors (Lipinski definition) is 0. The molecule has 0 aliphatic heterocycles. The summed E-state index contributed by atoms with van der Waals surface area (Å²) in [5.74, 6) is 0.731. The molecule has 0 aliphatic carbocycles. The molecule has 2 aromatic heterocycles. The van der Waals surface area contributed by atoms with E-state index in [1.807, 2.05) is 32.9 Å². The van der Waals surface area contributed by atoms with Gasteiger partial charge < -0.3 is 0 Å². The fourth-order valence-electron chi connectivity index (χ4n) is 1.48. The van der Waals surface area contributed by atoms with Gasteiger partial charge in [-0.1, -0.05) is 29.4 Å². The lowest BCUT2D eigenvalue weighted by Gasteiger charge is -2.07. The summed E-state index contributed by atoms with van der Waals surface area (Å²) in [5.41, 5.74) is 4.21. The molecule has 5 heteroatoms. The lowest BCUT2D eigenvalue weighted by atomic mass is 10.2. The van der Waals surface area contributed by atoms with Crippen LogP contribution in [0.4, 0.5) is 0 Å². The standard InChI is InChI=1S/C13H14ClN3S/c1-8-9(2)16-13(17-10(8)3)18-7-11-5-4-6-15-12(11)14/h4-6H,7H2,1-3H3. The van der Waals surface area contributed by atoms with E-state index >= 15 is 0 Å². The topological polar surface area (TPSA) is 38.7 Å². The molecule has 0 unspecified atom stereocenters. The average Bonchev–Trinajstić information content (AvgIpc) is 2.35. The van der Waals surface area contributed by atoms with Crippen molar-refractivity contribution in [1.29, 1.82) is 0 Å². The van der Waals surface area contributed by atoms with E-state index in [1.165, 1.54) is 0 Å². The van der Waals surface area contributed by atoms with Gasteiger partial charge in [0.1, 0.15) is 5.15 Å². The minimum absolute atomic E-state index is 0.547. The largest absolute Gasteiger partial charge is 0.244 e. The Balaban J connectivity index is 2.14. The van der Waals surface area contributed by atoms with Gasteiger partial charge >= 0.3 is 0 Å². The van der Waals surface area contributed by atoms with Crippen LogP contribution in [0.15, 0.2) is 23.5 Å². The van der Waals surface area contributed by atoms with E-state index in [9.17, 15) is 0 Å². The van der Waals surface area contributed by atoms with Crippen LogP contribution in [0.5, 0.6) is 0 Å². The third-order valence-corrected chi connectivity index (χ3v) is 4.04. The number of aromatic nitrogens is 3. The van der Waals surface area contributed by atoms with Crippen LogP contribution in [0.25, 0.3) is 0 Å². The molecule has 2 rings (SSSR count). The van der Waals surface area contributed by atoms with E-state index in [1.54, 1.807) is 18.0 Å². The molecular formula is C13H14ClN3S. The molecule has 0 saturated heterocycles. The number of hydrogen-bond acceptors (Lipinski definition) is 4. The average molecular weight is 280 g/mol. The Labute approximate surface area is 116 Å². The first-order valence-electron chi connectivity index (χ1n) is 5.62. The number of pyridine rings is 1. The molecule has 0 saturated carbocycles. The number of halogens is 1. The highest BCUT2D eigenvalue weighted by Gasteiger charge is 2.07. The predicted molar refractivity (Wildman–Crippen MR) is 75.1 cm³/mol. The Bertz CT molecular complexity index is 549. The lowest BCUT2D eigenvalue weighted by Crippen LogP contribution is -1.98. The zero-order chi connectivity index (χ0) is 13.1. The van der Waals surface area contributed by atoms with Crippen LogP contribution in [0.3, 0.4) is 0 Å². The predicted octanol–water partition coefficient (Wildman–Crippen LogP) is 3.74. The summed E-state index contributed by atoms with van der Waals surface area (Å²) < 4.78 is 0. The van der Waals surface area contributed by atoms with Crippen molar-refractivity contribution in [3.63, 3.8) is 0 Å². The molecule has 2 heterocycles. The molecule has 0 amide bonds. The Morgan fingerprint density at radius 3 is 2.44 bits per heavy atom. The summed E-state index contributed by atoms with van der Waals surface area (Å²) in [6.45, 7) is 6.05. The van der Waals surface area contributed by atoms with Gasteiger partial charge in [0.25, 0.3) is 0 Å². The summed E-state index contributed by atoms with van der Waals surface area (Å²) in [6, 6.07) is 3.85. The minimum atomic E-state index is 0.547. The summed E-state index contributed by atoms with van der Waals surface area (Å²) in [6.07, 6.45) is 1.69. The van der Waals surface area contributed by atoms with E-state index in [0.717, 1.165) is 33.4 Å². The smallest absolute Gasteiger partial charge is 0.188 e. The van der Waals surface area contributed by atoms with E-state index in [4.69, 9.17) is 11.6 Å². The van der Waals surface area contributed by atoms with Crippen molar-refractivity contribution in [1.82, 2.24) is 15.0 Å². The maximum Gasteiger partial charge on any atom is 0.188 e. The molecule has 94 valence electrons. The van der Waals surface area contributed by atoms with Crippen molar-refractivity contribution >= 4 is 23.4 Å². The Morgan fingerprint density at radius 1 is 1.17 bits per heavy atom. The Hall–Kier alpha value is -1.13. The van der Waals surface area contributed by atoms with E-state index in [0.29, 0.717) is 5.15 Å². The number of aryl methyl sites for hydroxylation is 2. The van der Waals surface area contributed by atoms with Crippen molar-refractivity contribution < 1.29 is 0 Å². The van der Waals surface area contributed by atoms with Gasteiger partial charge in [0, 0.05) is 23.3 Å². The van der Waals surface area contributed by atoms with Crippen LogP contribution in [0.1, 0.15) is 22.5 Å². The highest BCUT2D eigenvalue weighted by Crippen LogP contribution is 2.24. The molecular weight excluding hydrogens is 266 g/mol. The third kappa shape index (κ3) is 3.00. The summed E-state index contributed by atoms with van der Waals surface area (Å²) in [4.78, 5) is 13.0. The van der Waals surface area contributed by atoms with Gasteiger partial charge in [0.05, 0.1) is 0 Å². The Morgan fingerprint density at radius 2 is 1.83 bits per heavy atom. The van der Waals surface area contributed by atoms with Gasteiger partial charge in [-0.05, 0) is 38.0 Å². The fourth-order valence-corrected chi connectivity index (χ4v) is 2.66. The molecule has 0 fully saturated rings. The first kappa shape index (κ1) is 13.3. The molecule has 18 heavy (non-hydrogen) atoms. The molecule has 0 atom stereocenters. The van der Waals surface area contributed by atoms with Gasteiger partial charge in [-0.15, -0.1) is 0 Å². The van der Waals surface area contributed by atoms with Crippen LogP contribution < -0.4 is 0 Å². The molecule has 0 aromatic carbocycles. The molecule has 0 N–H and O–H groups in total. The van der Waals surface area contributed by atoms with Crippen LogP contribution >= 0.6 is 23.4 Å². The highest BCUT2D eigenvalue weighted by atomic mass is 35.5. The quantitative estimate of drug-likeness (QED) is 0.487. The van der Waals surface area contributed by atoms with Crippen molar-refractivity contribution in [3.8, 4) is 0 Å². The second-order valence-electron chi connectivity index (χ2n) is 4.04. The normalized spacial score (nSPS) is 10.7. The van der Waals surface area contributed by atoms with Gasteiger partial charge in [-0.3, -0.25) is 0 Å². The molecule has 0 aliphatic rings. The van der Waals surface area contributed by atoms with Crippen molar-refractivity contribution in [2.75, 3.05) is 0 Å². The van der Waals surface area contributed by atoms with E-state index in [-0.39, 0.29) is 0 Å². The molecule has 3 nitrogen and oxygen atoms in total. The van der Waals surface area contributed by atoms with Crippen LogP contribution in [0.2, 0.25) is 5.15 Å².